The minimum absolute atomic E-state index is 0.0860. The quantitative estimate of drug-likeness (QED) is 0.639. The molecule has 2 aromatic rings. The molecule has 136 valence electrons. The van der Waals surface area contributed by atoms with Gasteiger partial charge in [-0.25, -0.2) is 8.42 Å². The fraction of sp³-hybridized carbons (Fsp3) is 0.471. The molecule has 0 radical (unpaired) electrons. The number of imidazole rings is 1. The van der Waals surface area contributed by atoms with Crippen molar-refractivity contribution in [3.63, 3.8) is 0 Å². The molecule has 1 aliphatic rings. The summed E-state index contributed by atoms with van der Waals surface area (Å²) in [7, 11) is -2.89. The first-order chi connectivity index (χ1) is 11.9. The van der Waals surface area contributed by atoms with Crippen LogP contribution < -0.4 is 0 Å². The van der Waals surface area contributed by atoms with Gasteiger partial charge in [0.1, 0.15) is 0 Å². The number of halogens is 1. The Hall–Kier alpha value is -0.960. The normalized spacial score (nSPS) is 19.6. The van der Waals surface area contributed by atoms with Crippen LogP contribution in [0.5, 0.6) is 0 Å². The Bertz CT molecular complexity index is 887. The van der Waals surface area contributed by atoms with E-state index in [1.165, 1.54) is 0 Å². The zero-order valence-electron chi connectivity index (χ0n) is 14.1. The summed E-state index contributed by atoms with van der Waals surface area (Å²) in [4.78, 5) is 2.24. The highest BCUT2D eigenvalue weighted by Crippen LogP contribution is 2.20. The van der Waals surface area contributed by atoms with Crippen LogP contribution in [0.2, 0.25) is 0 Å². The Balaban J connectivity index is 1.81. The highest BCUT2D eigenvalue weighted by molar-refractivity contribution is 9.10. The number of sulfone groups is 1. The second kappa shape index (κ2) is 7.73. The van der Waals surface area contributed by atoms with Crippen LogP contribution in [0.3, 0.4) is 0 Å². The van der Waals surface area contributed by atoms with Gasteiger partial charge < -0.3 is 4.57 Å². The summed E-state index contributed by atoms with van der Waals surface area (Å²) in [6.45, 7) is 3.60. The Labute approximate surface area is 162 Å². The number of nitrogens with zero attached hydrogens (tertiary/aromatic N) is 3. The standard InChI is InChI=1S/C17H22BrN3O2S2/c1-2-8-19(16-7-11-25(22,23)12-16)13-20-9-10-21(17(20)24)15-5-3-14(18)4-6-15/h3-6,9-10,16H,2,7-8,11-13H2,1H3. The van der Waals surface area contributed by atoms with Gasteiger partial charge in [0.25, 0.3) is 0 Å². The zero-order chi connectivity index (χ0) is 18.0. The molecule has 1 unspecified atom stereocenters. The van der Waals surface area contributed by atoms with Crippen molar-refractivity contribution >= 4 is 38.0 Å². The zero-order valence-corrected chi connectivity index (χ0v) is 17.4. The molecule has 0 bridgehead atoms. The average Bonchev–Trinajstić information content (AvgIpc) is 3.11. The summed E-state index contributed by atoms with van der Waals surface area (Å²) in [5.74, 6) is 0.553. The Kier molecular flexibility index (Phi) is 5.82. The molecule has 25 heavy (non-hydrogen) atoms. The molecule has 1 aromatic heterocycles. The minimum Gasteiger partial charge on any atom is -0.310 e. The topological polar surface area (TPSA) is 47.2 Å². The first-order valence-corrected chi connectivity index (χ1v) is 11.4. The molecule has 0 aliphatic carbocycles. The number of benzene rings is 1. The highest BCUT2D eigenvalue weighted by Gasteiger charge is 2.32. The van der Waals surface area contributed by atoms with E-state index in [2.05, 4.69) is 27.8 Å². The van der Waals surface area contributed by atoms with Gasteiger partial charge >= 0.3 is 0 Å². The van der Waals surface area contributed by atoms with E-state index in [-0.39, 0.29) is 11.8 Å². The van der Waals surface area contributed by atoms with Crippen molar-refractivity contribution in [1.82, 2.24) is 14.0 Å². The van der Waals surface area contributed by atoms with Crippen LogP contribution >= 0.6 is 28.1 Å². The summed E-state index contributed by atoms with van der Waals surface area (Å²) in [5.41, 5.74) is 1.01. The van der Waals surface area contributed by atoms with Crippen molar-refractivity contribution in [3.05, 3.63) is 45.9 Å². The van der Waals surface area contributed by atoms with Crippen molar-refractivity contribution < 1.29 is 8.42 Å². The van der Waals surface area contributed by atoms with Crippen molar-refractivity contribution in [2.75, 3.05) is 18.1 Å². The number of rotatable bonds is 6. The van der Waals surface area contributed by atoms with Gasteiger partial charge in [-0.05, 0) is 55.9 Å². The van der Waals surface area contributed by atoms with Gasteiger partial charge in [0.15, 0.2) is 14.6 Å². The van der Waals surface area contributed by atoms with Crippen LogP contribution in [-0.4, -0.2) is 46.5 Å². The summed E-state index contributed by atoms with van der Waals surface area (Å²) >= 11 is 9.07. The van der Waals surface area contributed by atoms with Crippen molar-refractivity contribution in [2.24, 2.45) is 0 Å². The third-order valence-corrected chi connectivity index (χ3v) is 7.23. The van der Waals surface area contributed by atoms with E-state index in [1.807, 2.05) is 45.8 Å². The lowest BCUT2D eigenvalue weighted by molar-refractivity contribution is 0.164. The third kappa shape index (κ3) is 4.42. The van der Waals surface area contributed by atoms with E-state index in [4.69, 9.17) is 12.2 Å². The lowest BCUT2D eigenvalue weighted by atomic mass is 10.2. The van der Waals surface area contributed by atoms with E-state index in [0.29, 0.717) is 23.6 Å². The number of hydrogen-bond donors (Lipinski definition) is 0. The molecule has 3 rings (SSSR count). The van der Waals surface area contributed by atoms with Gasteiger partial charge in [-0.1, -0.05) is 22.9 Å². The predicted octanol–water partition coefficient (Wildman–Crippen LogP) is 3.63. The van der Waals surface area contributed by atoms with Gasteiger partial charge in [-0.3, -0.25) is 9.47 Å². The van der Waals surface area contributed by atoms with E-state index in [0.717, 1.165) is 23.1 Å². The molecule has 1 aliphatic heterocycles. The minimum atomic E-state index is -2.89. The average molecular weight is 444 g/mol. The van der Waals surface area contributed by atoms with Crippen LogP contribution in [0.25, 0.3) is 5.69 Å². The van der Waals surface area contributed by atoms with Crippen LogP contribution in [0.15, 0.2) is 41.1 Å². The Morgan fingerprint density at radius 2 is 2.00 bits per heavy atom. The van der Waals surface area contributed by atoms with Crippen molar-refractivity contribution in [3.8, 4) is 5.69 Å². The van der Waals surface area contributed by atoms with E-state index < -0.39 is 9.84 Å². The second-order valence-electron chi connectivity index (χ2n) is 6.41. The van der Waals surface area contributed by atoms with Crippen LogP contribution in [0.4, 0.5) is 0 Å². The van der Waals surface area contributed by atoms with Gasteiger partial charge in [0, 0.05) is 28.6 Å². The van der Waals surface area contributed by atoms with Crippen LogP contribution in [0.1, 0.15) is 19.8 Å². The fourth-order valence-corrected chi connectivity index (χ4v) is 5.54. The van der Waals surface area contributed by atoms with Crippen LogP contribution in [0, 0.1) is 4.77 Å². The molecule has 0 N–H and O–H groups in total. The number of hydrogen-bond acceptors (Lipinski definition) is 4. The molecular weight excluding hydrogens is 422 g/mol. The summed E-state index contributed by atoms with van der Waals surface area (Å²) in [6, 6.07) is 8.08. The maximum Gasteiger partial charge on any atom is 0.185 e. The summed E-state index contributed by atoms with van der Waals surface area (Å²) in [6.07, 6.45) is 5.62. The first kappa shape index (κ1) is 18.8. The van der Waals surface area contributed by atoms with Crippen molar-refractivity contribution in [2.45, 2.75) is 32.5 Å². The maximum absolute atomic E-state index is 11.8. The lowest BCUT2D eigenvalue weighted by Crippen LogP contribution is -2.38. The third-order valence-electron chi connectivity index (χ3n) is 4.52. The van der Waals surface area contributed by atoms with Crippen molar-refractivity contribution in [1.29, 1.82) is 0 Å². The van der Waals surface area contributed by atoms with Crippen LogP contribution in [-0.2, 0) is 16.5 Å². The summed E-state index contributed by atoms with van der Waals surface area (Å²) in [5, 5.41) is 0. The molecule has 2 heterocycles. The smallest absolute Gasteiger partial charge is 0.185 e. The number of aromatic nitrogens is 2. The lowest BCUT2D eigenvalue weighted by Gasteiger charge is -2.27. The summed E-state index contributed by atoms with van der Waals surface area (Å²) < 4.78 is 29.4. The van der Waals surface area contributed by atoms with Gasteiger partial charge in [0.05, 0.1) is 18.2 Å². The Morgan fingerprint density at radius 1 is 1.28 bits per heavy atom. The maximum atomic E-state index is 11.8. The molecule has 0 amide bonds. The predicted molar refractivity (Wildman–Crippen MR) is 106 cm³/mol. The molecule has 8 heteroatoms. The van der Waals surface area contributed by atoms with E-state index in [9.17, 15) is 8.42 Å². The van der Waals surface area contributed by atoms with E-state index >= 15 is 0 Å². The molecule has 1 aromatic carbocycles. The second-order valence-corrected chi connectivity index (χ2v) is 9.92. The molecule has 1 atom stereocenters. The highest BCUT2D eigenvalue weighted by atomic mass is 79.9. The molecular formula is C17H22BrN3O2S2. The van der Waals surface area contributed by atoms with Gasteiger partial charge in [0.2, 0.25) is 0 Å². The molecule has 0 spiro atoms. The largest absolute Gasteiger partial charge is 0.310 e. The molecule has 1 fully saturated rings. The Morgan fingerprint density at radius 3 is 2.60 bits per heavy atom. The molecule has 5 nitrogen and oxygen atoms in total. The van der Waals surface area contributed by atoms with Gasteiger partial charge in [-0.2, -0.15) is 0 Å². The molecule has 1 saturated heterocycles. The van der Waals surface area contributed by atoms with Gasteiger partial charge in [-0.15, -0.1) is 0 Å². The van der Waals surface area contributed by atoms with E-state index in [1.54, 1.807) is 0 Å². The fourth-order valence-electron chi connectivity index (χ4n) is 3.23. The molecule has 0 saturated carbocycles. The monoisotopic (exact) mass is 443 g/mol. The SMILES string of the molecule is CCCN(Cn1ccn(-c2ccc(Br)cc2)c1=S)C1CCS(=O)(=O)C1. The first-order valence-electron chi connectivity index (χ1n) is 8.38.